The van der Waals surface area contributed by atoms with E-state index in [-0.39, 0.29) is 36.8 Å². The van der Waals surface area contributed by atoms with Crippen molar-refractivity contribution in [2.24, 2.45) is 0 Å². The van der Waals surface area contributed by atoms with Crippen LogP contribution in [0.2, 0.25) is 0 Å². The summed E-state index contributed by atoms with van der Waals surface area (Å²) in [6, 6.07) is 0.0559. The van der Waals surface area contributed by atoms with Gasteiger partial charge in [0.2, 0.25) is 5.91 Å². The van der Waals surface area contributed by atoms with E-state index in [4.69, 9.17) is 0 Å². The van der Waals surface area contributed by atoms with Crippen LogP contribution in [-0.4, -0.2) is 46.5 Å². The fraction of sp³-hybridized carbons (Fsp3) is 0.692. The minimum absolute atomic E-state index is 0. The summed E-state index contributed by atoms with van der Waals surface area (Å²) in [4.78, 5) is 21.9. The van der Waals surface area contributed by atoms with E-state index in [0.717, 1.165) is 51.1 Å². The first-order chi connectivity index (χ1) is 8.84. The zero-order chi connectivity index (χ0) is 12.4. The molecule has 1 amide bonds. The van der Waals surface area contributed by atoms with Crippen molar-refractivity contribution < 1.29 is 4.79 Å². The van der Waals surface area contributed by atoms with Gasteiger partial charge in [-0.15, -0.1) is 24.8 Å². The SMILES string of the molecule is Cl.Cl.O=C(C1CCCN1)N1CCCC(c2ncc[nH]2)C1. The van der Waals surface area contributed by atoms with E-state index in [9.17, 15) is 4.79 Å². The number of nitrogens with one attached hydrogen (secondary N) is 2. The van der Waals surface area contributed by atoms with E-state index >= 15 is 0 Å². The molecule has 3 heterocycles. The van der Waals surface area contributed by atoms with Crippen molar-refractivity contribution in [2.45, 2.75) is 37.6 Å². The molecule has 0 saturated carbocycles. The molecular weight excluding hydrogens is 299 g/mol. The molecule has 2 atom stereocenters. The van der Waals surface area contributed by atoms with Crippen LogP contribution in [0.3, 0.4) is 0 Å². The van der Waals surface area contributed by atoms with Gasteiger partial charge in [0.15, 0.2) is 0 Å². The Morgan fingerprint density at radius 1 is 1.30 bits per heavy atom. The van der Waals surface area contributed by atoms with E-state index in [1.54, 1.807) is 6.20 Å². The van der Waals surface area contributed by atoms with E-state index in [2.05, 4.69) is 15.3 Å². The van der Waals surface area contributed by atoms with Gasteiger partial charge in [-0.25, -0.2) is 4.98 Å². The first-order valence-electron chi connectivity index (χ1n) is 6.86. The molecule has 2 aliphatic rings. The fourth-order valence-electron chi connectivity index (χ4n) is 3.02. The average Bonchev–Trinajstić information content (AvgIpc) is 3.11. The zero-order valence-electron chi connectivity index (χ0n) is 11.4. The molecule has 0 radical (unpaired) electrons. The standard InChI is InChI=1S/C13H20N4O.2ClH/c18-13(11-4-1-5-14-11)17-8-2-3-10(9-17)12-15-6-7-16-12;;/h6-7,10-11,14H,1-5,8-9H2,(H,15,16);2*1H. The number of aromatic amines is 1. The van der Waals surface area contributed by atoms with Crippen molar-refractivity contribution in [3.8, 4) is 0 Å². The Morgan fingerprint density at radius 2 is 2.15 bits per heavy atom. The molecule has 0 aromatic carbocycles. The summed E-state index contributed by atoms with van der Waals surface area (Å²) in [7, 11) is 0. The highest BCUT2D eigenvalue weighted by atomic mass is 35.5. The number of rotatable bonds is 2. The van der Waals surface area contributed by atoms with Gasteiger partial charge in [-0.05, 0) is 32.2 Å². The third-order valence-electron chi connectivity index (χ3n) is 4.00. The van der Waals surface area contributed by atoms with Crippen LogP contribution in [0.25, 0.3) is 0 Å². The van der Waals surface area contributed by atoms with Gasteiger partial charge in [0.25, 0.3) is 0 Å². The summed E-state index contributed by atoms with van der Waals surface area (Å²) < 4.78 is 0. The molecule has 7 heteroatoms. The molecule has 5 nitrogen and oxygen atoms in total. The molecule has 0 aliphatic carbocycles. The van der Waals surface area contributed by atoms with Crippen LogP contribution >= 0.6 is 24.8 Å². The minimum atomic E-state index is 0. The number of nitrogens with zero attached hydrogens (tertiary/aromatic N) is 2. The molecule has 2 unspecified atom stereocenters. The molecule has 2 aliphatic heterocycles. The van der Waals surface area contributed by atoms with E-state index in [0.29, 0.717) is 5.92 Å². The number of carbonyl (C=O) groups is 1. The summed E-state index contributed by atoms with van der Waals surface area (Å²) in [6.07, 6.45) is 7.94. The number of amides is 1. The Hall–Kier alpha value is -0.780. The first kappa shape index (κ1) is 17.3. The van der Waals surface area contributed by atoms with E-state index in [1.807, 2.05) is 11.1 Å². The highest BCUT2D eigenvalue weighted by Crippen LogP contribution is 2.25. The number of likely N-dealkylation sites (tertiary alicyclic amines) is 1. The van der Waals surface area contributed by atoms with Crippen LogP contribution in [0, 0.1) is 0 Å². The quantitative estimate of drug-likeness (QED) is 0.872. The van der Waals surface area contributed by atoms with Crippen LogP contribution in [0.15, 0.2) is 12.4 Å². The van der Waals surface area contributed by atoms with E-state index < -0.39 is 0 Å². The first-order valence-corrected chi connectivity index (χ1v) is 6.86. The lowest BCUT2D eigenvalue weighted by Crippen LogP contribution is -2.47. The van der Waals surface area contributed by atoms with Gasteiger partial charge in [-0.3, -0.25) is 4.79 Å². The molecule has 1 aromatic rings. The third kappa shape index (κ3) is 3.65. The van der Waals surface area contributed by atoms with Gasteiger partial charge in [0.1, 0.15) is 5.82 Å². The predicted molar refractivity (Wildman–Crippen MR) is 82.7 cm³/mol. The zero-order valence-corrected chi connectivity index (χ0v) is 13.0. The highest BCUT2D eigenvalue weighted by Gasteiger charge is 2.31. The second-order valence-corrected chi connectivity index (χ2v) is 5.25. The third-order valence-corrected chi connectivity index (χ3v) is 4.00. The summed E-state index contributed by atoms with van der Waals surface area (Å²) in [5, 5.41) is 3.29. The maximum absolute atomic E-state index is 12.3. The number of aromatic nitrogens is 2. The Kier molecular flexibility index (Phi) is 6.79. The lowest BCUT2D eigenvalue weighted by atomic mass is 9.96. The van der Waals surface area contributed by atoms with Crippen LogP contribution in [0.1, 0.15) is 37.4 Å². The number of hydrogen-bond acceptors (Lipinski definition) is 3. The second-order valence-electron chi connectivity index (χ2n) is 5.25. The molecule has 114 valence electrons. The van der Waals surface area contributed by atoms with Gasteiger partial charge in [-0.1, -0.05) is 0 Å². The highest BCUT2D eigenvalue weighted by molar-refractivity contribution is 5.85. The molecule has 3 rings (SSSR count). The number of hydrogen-bond donors (Lipinski definition) is 2. The molecule has 1 aromatic heterocycles. The maximum atomic E-state index is 12.3. The molecule has 2 saturated heterocycles. The smallest absolute Gasteiger partial charge is 0.239 e. The Labute approximate surface area is 131 Å². The number of carbonyl (C=O) groups excluding carboxylic acids is 1. The molecule has 20 heavy (non-hydrogen) atoms. The molecule has 2 fully saturated rings. The Balaban J connectivity index is 0.000001000. The Bertz CT molecular complexity index is 407. The largest absolute Gasteiger partial charge is 0.348 e. The summed E-state index contributed by atoms with van der Waals surface area (Å²) in [5.41, 5.74) is 0. The van der Waals surface area contributed by atoms with Gasteiger partial charge < -0.3 is 15.2 Å². The Morgan fingerprint density at radius 3 is 2.80 bits per heavy atom. The summed E-state index contributed by atoms with van der Waals surface area (Å²) in [6.45, 7) is 2.69. The van der Waals surface area contributed by atoms with Crippen LogP contribution in [0.4, 0.5) is 0 Å². The monoisotopic (exact) mass is 320 g/mol. The van der Waals surface area contributed by atoms with Crippen LogP contribution in [0.5, 0.6) is 0 Å². The van der Waals surface area contributed by atoms with Crippen molar-refractivity contribution in [3.05, 3.63) is 18.2 Å². The van der Waals surface area contributed by atoms with Crippen molar-refractivity contribution in [3.63, 3.8) is 0 Å². The number of imidazole rings is 1. The topological polar surface area (TPSA) is 61.0 Å². The lowest BCUT2D eigenvalue weighted by Gasteiger charge is -2.33. The van der Waals surface area contributed by atoms with Gasteiger partial charge in [-0.2, -0.15) is 0 Å². The predicted octanol–water partition coefficient (Wildman–Crippen LogP) is 1.71. The van der Waals surface area contributed by atoms with Gasteiger partial charge >= 0.3 is 0 Å². The number of piperidine rings is 1. The number of halogens is 2. The minimum Gasteiger partial charge on any atom is -0.348 e. The normalized spacial score (nSPS) is 25.7. The van der Waals surface area contributed by atoms with Gasteiger partial charge in [0, 0.05) is 31.4 Å². The number of H-pyrrole nitrogens is 1. The van der Waals surface area contributed by atoms with Crippen molar-refractivity contribution in [1.82, 2.24) is 20.2 Å². The molecular formula is C13H22Cl2N4O. The summed E-state index contributed by atoms with van der Waals surface area (Å²) in [5.74, 6) is 1.68. The fourth-order valence-corrected chi connectivity index (χ4v) is 3.02. The molecule has 0 bridgehead atoms. The van der Waals surface area contributed by atoms with Gasteiger partial charge in [0.05, 0.1) is 6.04 Å². The average molecular weight is 321 g/mol. The van der Waals surface area contributed by atoms with Crippen LogP contribution in [-0.2, 0) is 4.79 Å². The van der Waals surface area contributed by atoms with Crippen LogP contribution < -0.4 is 5.32 Å². The molecule has 2 N–H and O–H groups in total. The van der Waals surface area contributed by atoms with Crippen molar-refractivity contribution >= 4 is 30.7 Å². The lowest BCUT2D eigenvalue weighted by molar-refractivity contribution is -0.134. The maximum Gasteiger partial charge on any atom is 0.239 e. The second kappa shape index (κ2) is 7.86. The van der Waals surface area contributed by atoms with Crippen molar-refractivity contribution in [2.75, 3.05) is 19.6 Å². The summed E-state index contributed by atoms with van der Waals surface area (Å²) >= 11 is 0. The van der Waals surface area contributed by atoms with E-state index in [1.165, 1.54) is 0 Å². The molecule has 0 spiro atoms. The van der Waals surface area contributed by atoms with Crippen molar-refractivity contribution in [1.29, 1.82) is 0 Å².